The summed E-state index contributed by atoms with van der Waals surface area (Å²) in [5.41, 5.74) is 1.40. The van der Waals surface area contributed by atoms with Gasteiger partial charge in [-0.15, -0.1) is 0 Å². The van der Waals surface area contributed by atoms with Gasteiger partial charge in [-0.2, -0.15) is 0 Å². The zero-order valence-electron chi connectivity index (χ0n) is 12.5. The van der Waals surface area contributed by atoms with Gasteiger partial charge in [0.1, 0.15) is 0 Å². The molecule has 0 aromatic heterocycles. The van der Waals surface area contributed by atoms with E-state index in [2.05, 4.69) is 50.8 Å². The molecule has 2 fully saturated rings. The van der Waals surface area contributed by atoms with Gasteiger partial charge in [0.05, 0.1) is 13.2 Å². The predicted octanol–water partition coefficient (Wildman–Crippen LogP) is 2.74. The van der Waals surface area contributed by atoms with E-state index in [-0.39, 0.29) is 0 Å². The highest BCUT2D eigenvalue weighted by molar-refractivity contribution is 9.10. The van der Waals surface area contributed by atoms with Crippen molar-refractivity contribution in [1.82, 2.24) is 10.6 Å². The quantitative estimate of drug-likeness (QED) is 0.854. The van der Waals surface area contributed by atoms with Gasteiger partial charge in [0.15, 0.2) is 0 Å². The standard InChI is InChI=1S/C17H25BrN2O/c18-14-6-4-13(5-7-14)8-9-19-16-3-1-2-15(16)17-12-21-11-10-20-17/h4-7,15-17,19-20H,1-3,8-12H2. The summed E-state index contributed by atoms with van der Waals surface area (Å²) in [6.45, 7) is 3.82. The SMILES string of the molecule is Brc1ccc(CCNC2CCCC2C2COCCN2)cc1. The minimum Gasteiger partial charge on any atom is -0.379 e. The molecule has 1 aliphatic carbocycles. The summed E-state index contributed by atoms with van der Waals surface area (Å²) in [5.74, 6) is 0.732. The normalized spacial score (nSPS) is 29.7. The van der Waals surface area contributed by atoms with E-state index in [9.17, 15) is 0 Å². The Morgan fingerprint density at radius 2 is 2.10 bits per heavy atom. The van der Waals surface area contributed by atoms with Crippen LogP contribution in [0.2, 0.25) is 0 Å². The van der Waals surface area contributed by atoms with Gasteiger partial charge in [0, 0.05) is 23.1 Å². The van der Waals surface area contributed by atoms with Crippen LogP contribution in [0.25, 0.3) is 0 Å². The molecule has 0 amide bonds. The second-order valence-corrected chi connectivity index (χ2v) is 7.08. The molecule has 3 unspecified atom stereocenters. The first kappa shape index (κ1) is 15.5. The van der Waals surface area contributed by atoms with Crippen LogP contribution in [-0.2, 0) is 11.2 Å². The van der Waals surface area contributed by atoms with Crippen molar-refractivity contribution >= 4 is 15.9 Å². The predicted molar refractivity (Wildman–Crippen MR) is 89.6 cm³/mol. The summed E-state index contributed by atoms with van der Waals surface area (Å²) in [6, 6.07) is 9.85. The number of rotatable bonds is 5. The van der Waals surface area contributed by atoms with Crippen LogP contribution in [0.4, 0.5) is 0 Å². The van der Waals surface area contributed by atoms with Gasteiger partial charge in [-0.05, 0) is 49.4 Å². The van der Waals surface area contributed by atoms with E-state index in [4.69, 9.17) is 4.74 Å². The van der Waals surface area contributed by atoms with E-state index in [1.807, 2.05) is 0 Å². The van der Waals surface area contributed by atoms with Crippen LogP contribution >= 0.6 is 15.9 Å². The molecule has 1 aliphatic heterocycles. The summed E-state index contributed by atoms with van der Waals surface area (Å²) in [6.07, 6.45) is 5.09. The summed E-state index contributed by atoms with van der Waals surface area (Å²) in [7, 11) is 0. The van der Waals surface area contributed by atoms with Gasteiger partial charge in [0.2, 0.25) is 0 Å². The molecule has 3 atom stereocenters. The van der Waals surface area contributed by atoms with Gasteiger partial charge < -0.3 is 15.4 Å². The summed E-state index contributed by atoms with van der Waals surface area (Å²) >= 11 is 3.49. The van der Waals surface area contributed by atoms with Crippen molar-refractivity contribution in [2.75, 3.05) is 26.3 Å². The van der Waals surface area contributed by atoms with Crippen LogP contribution < -0.4 is 10.6 Å². The molecule has 2 N–H and O–H groups in total. The maximum atomic E-state index is 5.63. The van der Waals surface area contributed by atoms with Crippen molar-refractivity contribution in [3.05, 3.63) is 34.3 Å². The molecule has 1 aromatic carbocycles. The number of hydrogen-bond donors (Lipinski definition) is 2. The molecule has 1 saturated carbocycles. The maximum Gasteiger partial charge on any atom is 0.0623 e. The highest BCUT2D eigenvalue weighted by Crippen LogP contribution is 2.29. The fourth-order valence-corrected chi connectivity index (χ4v) is 3.90. The second kappa shape index (κ2) is 7.73. The molecular formula is C17H25BrN2O. The van der Waals surface area contributed by atoms with Gasteiger partial charge >= 0.3 is 0 Å². The minimum atomic E-state index is 0.548. The van der Waals surface area contributed by atoms with Gasteiger partial charge in [0.25, 0.3) is 0 Å². The average Bonchev–Trinajstić information content (AvgIpc) is 2.99. The number of nitrogens with one attached hydrogen (secondary N) is 2. The number of hydrogen-bond acceptors (Lipinski definition) is 3. The number of halogens is 1. The van der Waals surface area contributed by atoms with Crippen LogP contribution in [0.3, 0.4) is 0 Å². The third-order valence-corrected chi connectivity index (χ3v) is 5.30. The Labute approximate surface area is 136 Å². The van der Waals surface area contributed by atoms with Gasteiger partial charge in [-0.3, -0.25) is 0 Å². The lowest BCUT2D eigenvalue weighted by Gasteiger charge is -2.33. The topological polar surface area (TPSA) is 33.3 Å². The van der Waals surface area contributed by atoms with Crippen LogP contribution in [0.5, 0.6) is 0 Å². The lowest BCUT2D eigenvalue weighted by Crippen LogP contribution is -2.51. The molecule has 3 nitrogen and oxygen atoms in total. The van der Waals surface area contributed by atoms with E-state index in [0.717, 1.165) is 43.1 Å². The molecule has 21 heavy (non-hydrogen) atoms. The van der Waals surface area contributed by atoms with E-state index < -0.39 is 0 Å². The minimum absolute atomic E-state index is 0.548. The smallest absolute Gasteiger partial charge is 0.0623 e. The summed E-state index contributed by atoms with van der Waals surface area (Å²) < 4.78 is 6.78. The Kier molecular flexibility index (Phi) is 5.69. The summed E-state index contributed by atoms with van der Waals surface area (Å²) in [4.78, 5) is 0. The summed E-state index contributed by atoms with van der Waals surface area (Å²) in [5, 5.41) is 7.42. The van der Waals surface area contributed by atoms with Crippen molar-refractivity contribution in [1.29, 1.82) is 0 Å². The molecule has 4 heteroatoms. The third kappa shape index (κ3) is 4.28. The largest absolute Gasteiger partial charge is 0.379 e. The Bertz CT molecular complexity index is 431. The second-order valence-electron chi connectivity index (χ2n) is 6.17. The molecule has 1 heterocycles. The van der Waals surface area contributed by atoms with E-state index in [1.165, 1.54) is 24.8 Å². The van der Waals surface area contributed by atoms with Crippen molar-refractivity contribution in [2.45, 2.75) is 37.8 Å². The number of ether oxygens (including phenoxy) is 1. The highest BCUT2D eigenvalue weighted by Gasteiger charge is 2.34. The third-order valence-electron chi connectivity index (χ3n) is 4.77. The molecular weight excluding hydrogens is 328 g/mol. The van der Waals surface area contributed by atoms with E-state index >= 15 is 0 Å². The highest BCUT2D eigenvalue weighted by atomic mass is 79.9. The van der Waals surface area contributed by atoms with E-state index in [1.54, 1.807) is 0 Å². The van der Waals surface area contributed by atoms with Crippen molar-refractivity contribution in [3.8, 4) is 0 Å². The van der Waals surface area contributed by atoms with Crippen molar-refractivity contribution in [3.63, 3.8) is 0 Å². The Hall–Kier alpha value is -0.420. The molecule has 1 aromatic rings. The lowest BCUT2D eigenvalue weighted by atomic mass is 9.94. The molecule has 0 radical (unpaired) electrons. The molecule has 0 spiro atoms. The van der Waals surface area contributed by atoms with Crippen LogP contribution in [0.15, 0.2) is 28.7 Å². The molecule has 116 valence electrons. The zero-order chi connectivity index (χ0) is 14.5. The first-order valence-corrected chi connectivity index (χ1v) is 8.91. The van der Waals surface area contributed by atoms with Crippen LogP contribution in [-0.4, -0.2) is 38.4 Å². The Balaban J connectivity index is 1.46. The first-order chi connectivity index (χ1) is 10.3. The van der Waals surface area contributed by atoms with E-state index in [0.29, 0.717) is 12.1 Å². The molecule has 0 bridgehead atoms. The van der Waals surface area contributed by atoms with Crippen LogP contribution in [0.1, 0.15) is 24.8 Å². The monoisotopic (exact) mass is 352 g/mol. The fraction of sp³-hybridized carbons (Fsp3) is 0.647. The first-order valence-electron chi connectivity index (χ1n) is 8.12. The maximum absolute atomic E-state index is 5.63. The molecule has 1 saturated heterocycles. The van der Waals surface area contributed by atoms with Crippen molar-refractivity contribution < 1.29 is 4.74 Å². The fourth-order valence-electron chi connectivity index (χ4n) is 3.64. The van der Waals surface area contributed by atoms with Gasteiger partial charge in [-0.25, -0.2) is 0 Å². The number of morpholine rings is 1. The van der Waals surface area contributed by atoms with Gasteiger partial charge in [-0.1, -0.05) is 34.5 Å². The average molecular weight is 353 g/mol. The Morgan fingerprint density at radius 3 is 2.86 bits per heavy atom. The number of benzene rings is 1. The lowest BCUT2D eigenvalue weighted by molar-refractivity contribution is 0.0526. The zero-order valence-corrected chi connectivity index (χ0v) is 14.1. The van der Waals surface area contributed by atoms with Crippen LogP contribution in [0, 0.1) is 5.92 Å². The van der Waals surface area contributed by atoms with Crippen molar-refractivity contribution in [2.24, 2.45) is 5.92 Å². The molecule has 2 aliphatic rings. The molecule has 3 rings (SSSR count). The Morgan fingerprint density at radius 1 is 1.24 bits per heavy atom.